The number of hydrogen-bond acceptors (Lipinski definition) is 5. The van der Waals surface area contributed by atoms with Gasteiger partial charge in [0.05, 0.1) is 42.0 Å². The molecule has 1 aliphatic rings. The number of pyridine rings is 1. The topological polar surface area (TPSA) is 89.2 Å². The summed E-state index contributed by atoms with van der Waals surface area (Å²) < 4.78 is 7.25. The van der Waals surface area contributed by atoms with Crippen LogP contribution in [0.2, 0.25) is 0 Å². The molecule has 0 bridgehead atoms. The second-order valence-corrected chi connectivity index (χ2v) is 8.57. The van der Waals surface area contributed by atoms with E-state index in [9.17, 15) is 4.79 Å². The van der Waals surface area contributed by atoms with E-state index in [1.807, 2.05) is 60.7 Å². The first-order valence-electron chi connectivity index (χ1n) is 11.5. The smallest absolute Gasteiger partial charge is 0.264 e. The highest BCUT2D eigenvalue weighted by Crippen LogP contribution is 2.31. The number of aromatic nitrogens is 3. The lowest BCUT2D eigenvalue weighted by Crippen LogP contribution is -2.36. The Morgan fingerprint density at radius 3 is 2.56 bits per heavy atom. The minimum absolute atomic E-state index is 0.160. The van der Waals surface area contributed by atoms with Crippen LogP contribution in [0.5, 0.6) is 0 Å². The summed E-state index contributed by atoms with van der Waals surface area (Å²) >= 11 is 0. The highest BCUT2D eigenvalue weighted by atomic mass is 16.5. The third-order valence-electron chi connectivity index (χ3n) is 6.48. The van der Waals surface area contributed by atoms with Crippen LogP contribution in [0, 0.1) is 0 Å². The minimum Gasteiger partial charge on any atom is -0.397 e. The summed E-state index contributed by atoms with van der Waals surface area (Å²) in [7, 11) is 0. The maximum Gasteiger partial charge on any atom is 0.264 e. The van der Waals surface area contributed by atoms with Crippen LogP contribution in [0.1, 0.15) is 5.56 Å². The molecular weight excluding hydrogens is 426 g/mol. The average molecular weight is 452 g/mol. The Kier molecular flexibility index (Phi) is 5.04. The Morgan fingerprint density at radius 1 is 0.971 bits per heavy atom. The van der Waals surface area contributed by atoms with E-state index in [0.29, 0.717) is 23.6 Å². The summed E-state index contributed by atoms with van der Waals surface area (Å²) in [5.41, 5.74) is 11.9. The SMILES string of the molecule is Nc1c(-c2nc3cc(N4CCOCC4)ccc3[nH]2)c(=O)n(Cc2ccccc2)c2ccccc12. The number of imidazole rings is 1. The molecule has 0 amide bonds. The standard InChI is InChI=1S/C27H25N5O2/c28-25-20-8-4-5-9-23(20)32(17-18-6-2-1-3-7-18)27(33)24(25)26-29-21-11-10-19(16-22(21)30-26)31-12-14-34-15-13-31/h1-11,16H,12-15,17,28H2,(H,29,30). The van der Waals surface area contributed by atoms with Crippen molar-refractivity contribution in [2.75, 3.05) is 36.9 Å². The molecule has 0 saturated carbocycles. The van der Waals surface area contributed by atoms with Gasteiger partial charge in [0.15, 0.2) is 0 Å². The van der Waals surface area contributed by atoms with Gasteiger partial charge in [-0.25, -0.2) is 4.98 Å². The van der Waals surface area contributed by atoms with Gasteiger partial charge in [-0.1, -0.05) is 48.5 Å². The molecule has 7 heteroatoms. The van der Waals surface area contributed by atoms with Gasteiger partial charge in [-0.15, -0.1) is 0 Å². The van der Waals surface area contributed by atoms with Crippen LogP contribution in [0.3, 0.4) is 0 Å². The number of para-hydroxylation sites is 1. The molecular formula is C27H25N5O2. The molecule has 0 unspecified atom stereocenters. The summed E-state index contributed by atoms with van der Waals surface area (Å²) in [5, 5.41) is 0.836. The monoisotopic (exact) mass is 451 g/mol. The zero-order chi connectivity index (χ0) is 23.1. The van der Waals surface area contributed by atoms with Gasteiger partial charge in [-0.2, -0.15) is 0 Å². The second-order valence-electron chi connectivity index (χ2n) is 8.57. The number of nitrogen functional groups attached to an aromatic ring is 1. The highest BCUT2D eigenvalue weighted by Gasteiger charge is 2.20. The van der Waals surface area contributed by atoms with Crippen molar-refractivity contribution in [1.82, 2.24) is 14.5 Å². The molecule has 5 aromatic rings. The fourth-order valence-corrected chi connectivity index (χ4v) is 4.71. The van der Waals surface area contributed by atoms with Gasteiger partial charge in [0.25, 0.3) is 5.56 Å². The van der Waals surface area contributed by atoms with E-state index in [1.165, 1.54) is 0 Å². The van der Waals surface area contributed by atoms with Crippen molar-refractivity contribution >= 4 is 33.3 Å². The third kappa shape index (κ3) is 3.50. The normalized spacial score (nSPS) is 14.2. The number of aromatic amines is 1. The molecule has 0 radical (unpaired) electrons. The van der Waals surface area contributed by atoms with Gasteiger partial charge in [0.2, 0.25) is 0 Å². The molecule has 3 aromatic carbocycles. The molecule has 0 aliphatic carbocycles. The van der Waals surface area contributed by atoms with Gasteiger partial charge in [0, 0.05) is 24.2 Å². The van der Waals surface area contributed by atoms with Crippen molar-refractivity contribution < 1.29 is 4.74 Å². The summed E-state index contributed by atoms with van der Waals surface area (Å²) in [6.07, 6.45) is 0. The van der Waals surface area contributed by atoms with Gasteiger partial charge in [-0.3, -0.25) is 4.79 Å². The van der Waals surface area contributed by atoms with Crippen LogP contribution in [0.25, 0.3) is 33.3 Å². The summed E-state index contributed by atoms with van der Waals surface area (Å²) in [6, 6.07) is 23.9. The van der Waals surface area contributed by atoms with Gasteiger partial charge in [0.1, 0.15) is 11.4 Å². The third-order valence-corrected chi connectivity index (χ3v) is 6.48. The Morgan fingerprint density at radius 2 is 1.74 bits per heavy atom. The Balaban J connectivity index is 1.50. The lowest BCUT2D eigenvalue weighted by molar-refractivity contribution is 0.122. The number of nitrogens with two attached hydrogens (primary N) is 1. The molecule has 0 atom stereocenters. The predicted molar refractivity (Wildman–Crippen MR) is 136 cm³/mol. The number of benzene rings is 3. The highest BCUT2D eigenvalue weighted by molar-refractivity contribution is 5.98. The lowest BCUT2D eigenvalue weighted by Gasteiger charge is -2.28. The zero-order valence-electron chi connectivity index (χ0n) is 18.7. The van der Waals surface area contributed by atoms with Crippen LogP contribution < -0.4 is 16.2 Å². The van der Waals surface area contributed by atoms with Crippen LogP contribution in [0.4, 0.5) is 11.4 Å². The van der Waals surface area contributed by atoms with Crippen LogP contribution in [0.15, 0.2) is 77.6 Å². The summed E-state index contributed by atoms with van der Waals surface area (Å²) in [6.45, 7) is 3.60. The Labute approximate surface area is 196 Å². The minimum atomic E-state index is -0.160. The summed E-state index contributed by atoms with van der Waals surface area (Å²) in [4.78, 5) is 24.2. The van der Waals surface area contributed by atoms with E-state index >= 15 is 0 Å². The molecule has 0 spiro atoms. The Bertz CT molecular complexity index is 1550. The van der Waals surface area contributed by atoms with Gasteiger partial charge < -0.3 is 24.9 Å². The number of morpholine rings is 1. The quantitative estimate of drug-likeness (QED) is 0.431. The molecule has 1 aliphatic heterocycles. The number of fused-ring (bicyclic) bond motifs is 2. The number of anilines is 2. The van der Waals surface area contributed by atoms with Crippen LogP contribution in [-0.4, -0.2) is 40.8 Å². The predicted octanol–water partition coefficient (Wildman–Crippen LogP) is 4.01. The van der Waals surface area contributed by atoms with E-state index in [0.717, 1.165) is 59.5 Å². The first kappa shape index (κ1) is 20.5. The molecule has 3 N–H and O–H groups in total. The molecule has 3 heterocycles. The first-order valence-corrected chi connectivity index (χ1v) is 11.5. The van der Waals surface area contributed by atoms with Crippen molar-refractivity contribution in [2.45, 2.75) is 6.54 Å². The maximum absolute atomic E-state index is 13.8. The lowest BCUT2D eigenvalue weighted by atomic mass is 10.1. The number of nitrogens with one attached hydrogen (secondary N) is 1. The van der Waals surface area contributed by atoms with Crippen molar-refractivity contribution in [1.29, 1.82) is 0 Å². The molecule has 2 aromatic heterocycles. The molecule has 6 rings (SSSR count). The molecule has 1 fully saturated rings. The molecule has 1 saturated heterocycles. The van der Waals surface area contributed by atoms with E-state index < -0.39 is 0 Å². The second kappa shape index (κ2) is 8.35. The van der Waals surface area contributed by atoms with Crippen LogP contribution in [-0.2, 0) is 11.3 Å². The van der Waals surface area contributed by atoms with Crippen molar-refractivity contribution in [3.63, 3.8) is 0 Å². The number of H-pyrrole nitrogens is 1. The van der Waals surface area contributed by atoms with Crippen molar-refractivity contribution in [3.05, 3.63) is 88.7 Å². The molecule has 7 nitrogen and oxygen atoms in total. The van der Waals surface area contributed by atoms with E-state index in [4.69, 9.17) is 15.5 Å². The number of ether oxygens (including phenoxy) is 1. The molecule has 34 heavy (non-hydrogen) atoms. The Hall–Kier alpha value is -4.10. The van der Waals surface area contributed by atoms with E-state index in [-0.39, 0.29) is 5.56 Å². The van der Waals surface area contributed by atoms with Crippen LogP contribution >= 0.6 is 0 Å². The number of nitrogens with zero attached hydrogens (tertiary/aromatic N) is 3. The fourth-order valence-electron chi connectivity index (χ4n) is 4.71. The van der Waals surface area contributed by atoms with Crippen molar-refractivity contribution in [3.8, 4) is 11.4 Å². The maximum atomic E-state index is 13.8. The van der Waals surface area contributed by atoms with E-state index in [1.54, 1.807) is 4.57 Å². The first-order chi connectivity index (χ1) is 16.7. The summed E-state index contributed by atoms with van der Waals surface area (Å²) in [5.74, 6) is 0.490. The number of rotatable bonds is 4. The number of hydrogen-bond donors (Lipinski definition) is 2. The largest absolute Gasteiger partial charge is 0.397 e. The average Bonchev–Trinajstić information content (AvgIpc) is 3.30. The molecule has 170 valence electrons. The van der Waals surface area contributed by atoms with E-state index in [2.05, 4.69) is 22.0 Å². The van der Waals surface area contributed by atoms with Crippen molar-refractivity contribution in [2.24, 2.45) is 0 Å². The zero-order valence-corrected chi connectivity index (χ0v) is 18.7. The van der Waals surface area contributed by atoms with Gasteiger partial charge >= 0.3 is 0 Å². The fraction of sp³-hybridized carbons (Fsp3) is 0.185. The van der Waals surface area contributed by atoms with Gasteiger partial charge in [-0.05, 0) is 29.8 Å².